The highest BCUT2D eigenvalue weighted by Gasteiger charge is 2.19. The van der Waals surface area contributed by atoms with Crippen molar-refractivity contribution < 1.29 is 0 Å². The van der Waals surface area contributed by atoms with Gasteiger partial charge in [0.1, 0.15) is 0 Å². The summed E-state index contributed by atoms with van der Waals surface area (Å²) < 4.78 is 1.12. The van der Waals surface area contributed by atoms with Gasteiger partial charge in [0, 0.05) is 27.3 Å². The average Bonchev–Trinajstić information content (AvgIpc) is 2.86. The monoisotopic (exact) mass is 333 g/mol. The molecule has 96 valence electrons. The number of aromatic nitrogens is 2. The molecule has 0 saturated heterocycles. The van der Waals surface area contributed by atoms with E-state index < -0.39 is 0 Å². The van der Waals surface area contributed by atoms with Crippen LogP contribution in [0.25, 0.3) is 11.0 Å². The zero-order chi connectivity index (χ0) is 13.2. The number of rotatable bonds is 3. The Labute approximate surface area is 123 Å². The molecular weight excluding hydrogens is 322 g/mol. The smallest absolute Gasteiger partial charge is 0.0938 e. The number of hydrogen-bond acceptors (Lipinski definition) is 4. The highest BCUT2D eigenvalue weighted by molar-refractivity contribution is 9.10. The predicted molar refractivity (Wildman–Crippen MR) is 82.5 cm³/mol. The molecule has 1 aromatic carbocycles. The first kappa shape index (κ1) is 12.7. The molecule has 1 N–H and O–H groups in total. The van der Waals surface area contributed by atoms with Gasteiger partial charge in [-0.05, 0) is 40.5 Å². The summed E-state index contributed by atoms with van der Waals surface area (Å²) in [5.74, 6) is 0. The summed E-state index contributed by atoms with van der Waals surface area (Å²) in [6.45, 7) is 0. The van der Waals surface area contributed by atoms with E-state index in [-0.39, 0.29) is 6.04 Å². The lowest BCUT2D eigenvalue weighted by atomic mass is 10.0. The molecule has 3 rings (SSSR count). The second kappa shape index (κ2) is 5.36. The molecular formula is C14H12BrN3S. The fourth-order valence-corrected chi connectivity index (χ4v) is 3.92. The number of nitrogens with zero attached hydrogens (tertiary/aromatic N) is 2. The number of thiophene rings is 1. The Morgan fingerprint density at radius 3 is 2.79 bits per heavy atom. The summed E-state index contributed by atoms with van der Waals surface area (Å²) in [7, 11) is 1.96. The van der Waals surface area contributed by atoms with Crippen LogP contribution >= 0.6 is 27.3 Å². The van der Waals surface area contributed by atoms with E-state index in [2.05, 4.69) is 48.7 Å². The Kier molecular flexibility index (Phi) is 3.59. The second-order valence-corrected chi connectivity index (χ2v) is 5.93. The number of halogens is 1. The first-order chi connectivity index (χ1) is 9.31. The molecule has 0 amide bonds. The van der Waals surface area contributed by atoms with Crippen molar-refractivity contribution in [2.24, 2.45) is 0 Å². The van der Waals surface area contributed by atoms with E-state index in [9.17, 15) is 0 Å². The van der Waals surface area contributed by atoms with Crippen LogP contribution in [-0.4, -0.2) is 17.0 Å². The van der Waals surface area contributed by atoms with Gasteiger partial charge < -0.3 is 5.32 Å². The Bertz CT molecular complexity index is 705. The first-order valence-corrected chi connectivity index (χ1v) is 7.58. The van der Waals surface area contributed by atoms with Gasteiger partial charge in [0.15, 0.2) is 0 Å². The molecule has 0 fully saturated rings. The molecule has 3 nitrogen and oxygen atoms in total. The van der Waals surface area contributed by atoms with Crippen molar-refractivity contribution in [1.82, 2.24) is 15.3 Å². The van der Waals surface area contributed by atoms with Crippen LogP contribution in [0, 0.1) is 0 Å². The Balaban J connectivity index is 2.20. The third-order valence-corrected chi connectivity index (χ3v) is 4.97. The molecule has 0 saturated carbocycles. The SMILES string of the molecule is CNC(c1sccc1Br)c1cccc2nccnc12. The molecule has 0 radical (unpaired) electrons. The van der Waals surface area contributed by atoms with Gasteiger partial charge in [-0.2, -0.15) is 0 Å². The lowest BCUT2D eigenvalue weighted by Crippen LogP contribution is -2.17. The number of benzene rings is 1. The van der Waals surface area contributed by atoms with E-state index >= 15 is 0 Å². The topological polar surface area (TPSA) is 37.8 Å². The summed E-state index contributed by atoms with van der Waals surface area (Å²) in [6, 6.07) is 8.31. The minimum Gasteiger partial charge on any atom is -0.309 e. The first-order valence-electron chi connectivity index (χ1n) is 5.91. The van der Waals surface area contributed by atoms with E-state index in [4.69, 9.17) is 0 Å². The molecule has 19 heavy (non-hydrogen) atoms. The van der Waals surface area contributed by atoms with Crippen LogP contribution in [0.1, 0.15) is 16.5 Å². The molecule has 0 bridgehead atoms. The maximum Gasteiger partial charge on any atom is 0.0938 e. The summed E-state index contributed by atoms with van der Waals surface area (Å²) in [6.07, 6.45) is 3.46. The van der Waals surface area contributed by atoms with Crippen molar-refractivity contribution in [2.45, 2.75) is 6.04 Å². The molecule has 2 heterocycles. The van der Waals surface area contributed by atoms with Crippen LogP contribution < -0.4 is 5.32 Å². The minimum atomic E-state index is 0.120. The van der Waals surface area contributed by atoms with E-state index in [1.165, 1.54) is 4.88 Å². The van der Waals surface area contributed by atoms with Crippen LogP contribution in [0.4, 0.5) is 0 Å². The lowest BCUT2D eigenvalue weighted by Gasteiger charge is -2.17. The average molecular weight is 334 g/mol. The van der Waals surface area contributed by atoms with Gasteiger partial charge in [0.05, 0.1) is 17.1 Å². The summed E-state index contributed by atoms with van der Waals surface area (Å²) in [5, 5.41) is 5.45. The minimum absolute atomic E-state index is 0.120. The van der Waals surface area contributed by atoms with Crippen LogP contribution in [0.5, 0.6) is 0 Å². The van der Waals surface area contributed by atoms with Gasteiger partial charge in [0.2, 0.25) is 0 Å². The normalized spacial score (nSPS) is 12.7. The maximum atomic E-state index is 4.48. The van der Waals surface area contributed by atoms with Gasteiger partial charge in [-0.25, -0.2) is 0 Å². The van der Waals surface area contributed by atoms with Gasteiger partial charge in [0.25, 0.3) is 0 Å². The molecule has 1 atom stereocenters. The molecule has 3 aromatic rings. The van der Waals surface area contributed by atoms with Gasteiger partial charge in [-0.3, -0.25) is 9.97 Å². The zero-order valence-electron chi connectivity index (χ0n) is 10.3. The highest BCUT2D eigenvalue weighted by Crippen LogP contribution is 2.34. The van der Waals surface area contributed by atoms with Crippen LogP contribution in [0.3, 0.4) is 0 Å². The van der Waals surface area contributed by atoms with Crippen LogP contribution in [0.2, 0.25) is 0 Å². The van der Waals surface area contributed by atoms with E-state index in [1.807, 2.05) is 19.2 Å². The summed E-state index contributed by atoms with van der Waals surface area (Å²) in [4.78, 5) is 10.1. The fourth-order valence-electron chi connectivity index (χ4n) is 2.19. The molecule has 0 aliphatic rings. The predicted octanol–water partition coefficient (Wildman–Crippen LogP) is 3.76. The molecule has 1 unspecified atom stereocenters. The van der Waals surface area contributed by atoms with Gasteiger partial charge >= 0.3 is 0 Å². The third kappa shape index (κ3) is 2.29. The van der Waals surface area contributed by atoms with Crippen molar-refractivity contribution >= 4 is 38.3 Å². The Morgan fingerprint density at radius 2 is 2.05 bits per heavy atom. The number of nitrogens with one attached hydrogen (secondary N) is 1. The van der Waals surface area contributed by atoms with E-state index in [1.54, 1.807) is 23.7 Å². The van der Waals surface area contributed by atoms with Crippen molar-refractivity contribution in [3.63, 3.8) is 0 Å². The van der Waals surface area contributed by atoms with E-state index in [0.29, 0.717) is 0 Å². The number of hydrogen-bond donors (Lipinski definition) is 1. The van der Waals surface area contributed by atoms with Gasteiger partial charge in [-0.1, -0.05) is 12.1 Å². The third-order valence-electron chi connectivity index (χ3n) is 3.04. The summed E-state index contributed by atoms with van der Waals surface area (Å²) >= 11 is 5.33. The van der Waals surface area contributed by atoms with E-state index in [0.717, 1.165) is 21.1 Å². The summed E-state index contributed by atoms with van der Waals surface area (Å²) in [5.41, 5.74) is 3.02. The molecule has 0 aliphatic carbocycles. The molecule has 2 aromatic heterocycles. The van der Waals surface area contributed by atoms with Crippen molar-refractivity contribution in [1.29, 1.82) is 0 Å². The maximum absolute atomic E-state index is 4.48. The fraction of sp³-hybridized carbons (Fsp3) is 0.143. The Morgan fingerprint density at radius 1 is 1.21 bits per heavy atom. The zero-order valence-corrected chi connectivity index (χ0v) is 12.7. The molecule has 0 spiro atoms. The molecule has 5 heteroatoms. The van der Waals surface area contributed by atoms with Crippen molar-refractivity contribution in [3.05, 3.63) is 57.0 Å². The highest BCUT2D eigenvalue weighted by atomic mass is 79.9. The van der Waals surface area contributed by atoms with Crippen LogP contribution in [-0.2, 0) is 0 Å². The Hall–Kier alpha value is -1.30. The quantitative estimate of drug-likeness (QED) is 0.792. The largest absolute Gasteiger partial charge is 0.309 e. The second-order valence-electron chi connectivity index (χ2n) is 4.13. The van der Waals surface area contributed by atoms with Crippen molar-refractivity contribution in [2.75, 3.05) is 7.05 Å². The number of fused-ring (bicyclic) bond motifs is 1. The standard InChI is InChI=1S/C14H12BrN3S/c1-16-13(14-10(15)5-8-19-14)9-3-2-4-11-12(9)18-7-6-17-11/h2-8,13,16H,1H3. The van der Waals surface area contributed by atoms with Gasteiger partial charge in [-0.15, -0.1) is 11.3 Å². The lowest BCUT2D eigenvalue weighted by molar-refractivity contribution is 0.705. The van der Waals surface area contributed by atoms with Crippen molar-refractivity contribution in [3.8, 4) is 0 Å². The van der Waals surface area contributed by atoms with Crippen LogP contribution in [0.15, 0.2) is 46.5 Å². The molecule has 0 aliphatic heterocycles. The number of para-hydroxylation sites is 1.